The van der Waals surface area contributed by atoms with Crippen LogP contribution in [0.25, 0.3) is 0 Å². The van der Waals surface area contributed by atoms with Crippen LogP contribution in [-0.4, -0.2) is 16.2 Å². The Balaban J connectivity index is 3.20. The molecule has 1 aromatic carbocycles. The highest BCUT2D eigenvalue weighted by molar-refractivity contribution is 9.08. The van der Waals surface area contributed by atoms with Crippen LogP contribution in [0.4, 0.5) is 0 Å². The molecule has 0 amide bonds. The summed E-state index contributed by atoms with van der Waals surface area (Å²) >= 11 is 3.18. The molecule has 1 rings (SSSR count). The molecule has 0 saturated heterocycles. The van der Waals surface area contributed by atoms with Gasteiger partial charge in [-0.1, -0.05) is 22.0 Å². The Labute approximate surface area is 94.9 Å². The molecule has 0 aliphatic rings. The molecule has 0 aliphatic carbocycles. The van der Waals surface area contributed by atoms with E-state index in [1.54, 1.807) is 6.07 Å². The first-order chi connectivity index (χ1) is 7.10. The number of halogens is 1. The third-order valence-corrected chi connectivity index (χ3v) is 2.55. The number of nitrogens with zero attached hydrogens (tertiary/aromatic N) is 1. The van der Waals surface area contributed by atoms with E-state index < -0.39 is 12.1 Å². The van der Waals surface area contributed by atoms with Gasteiger partial charge in [-0.3, -0.25) is 0 Å². The fraction of sp³-hybridized carbons (Fsp3) is 0.200. The van der Waals surface area contributed by atoms with Crippen LogP contribution in [0.2, 0.25) is 0 Å². The van der Waals surface area contributed by atoms with E-state index in [-0.39, 0.29) is 0 Å². The number of carboxylic acid groups (broad SMARTS) is 1. The van der Waals surface area contributed by atoms with E-state index in [1.165, 1.54) is 12.1 Å². The Morgan fingerprint density at radius 1 is 1.60 bits per heavy atom. The number of aliphatic carboxylic acids is 1. The summed E-state index contributed by atoms with van der Waals surface area (Å²) in [5.41, 5.74) is 1.34. The molecule has 1 unspecified atom stereocenters. The van der Waals surface area contributed by atoms with Gasteiger partial charge in [0.25, 0.3) is 0 Å². The maximum atomic E-state index is 10.6. The highest BCUT2D eigenvalue weighted by Crippen LogP contribution is 2.22. The van der Waals surface area contributed by atoms with Crippen LogP contribution in [0.3, 0.4) is 0 Å². The van der Waals surface area contributed by atoms with Gasteiger partial charge in [0, 0.05) is 5.33 Å². The van der Waals surface area contributed by atoms with E-state index in [1.807, 2.05) is 6.07 Å². The summed E-state index contributed by atoms with van der Waals surface area (Å²) < 4.78 is 0. The number of rotatable bonds is 3. The van der Waals surface area contributed by atoms with Gasteiger partial charge in [-0.15, -0.1) is 0 Å². The minimum atomic E-state index is -1.55. The molecule has 1 atom stereocenters. The van der Waals surface area contributed by atoms with Crippen LogP contribution in [-0.2, 0) is 10.1 Å². The zero-order valence-corrected chi connectivity index (χ0v) is 9.23. The molecule has 0 heterocycles. The lowest BCUT2D eigenvalue weighted by Crippen LogP contribution is -2.12. The summed E-state index contributed by atoms with van der Waals surface area (Å²) in [5, 5.41) is 27.1. The highest BCUT2D eigenvalue weighted by Gasteiger charge is 2.19. The number of aliphatic hydroxyl groups is 1. The Morgan fingerprint density at radius 2 is 2.27 bits per heavy atom. The number of alkyl halides is 1. The van der Waals surface area contributed by atoms with Crippen molar-refractivity contribution in [3.8, 4) is 6.07 Å². The van der Waals surface area contributed by atoms with Crippen LogP contribution >= 0.6 is 15.9 Å². The Kier molecular flexibility index (Phi) is 3.83. The summed E-state index contributed by atoms with van der Waals surface area (Å²) in [6.45, 7) is 0. The third-order valence-electron chi connectivity index (χ3n) is 1.94. The van der Waals surface area contributed by atoms with E-state index >= 15 is 0 Å². The number of carboxylic acids is 1. The molecule has 0 bridgehead atoms. The quantitative estimate of drug-likeness (QED) is 0.817. The van der Waals surface area contributed by atoms with Gasteiger partial charge in [0.05, 0.1) is 11.6 Å². The standard InChI is InChI=1S/C10H8BrNO3/c11-4-7-3-6(5-12)1-2-8(7)9(13)10(14)15/h1-3,9,13H,4H2,(H,14,15). The maximum Gasteiger partial charge on any atom is 0.337 e. The molecule has 0 spiro atoms. The molecule has 0 aliphatic heterocycles. The topological polar surface area (TPSA) is 81.3 Å². The van der Waals surface area contributed by atoms with E-state index in [0.29, 0.717) is 22.0 Å². The average Bonchev–Trinajstić information content (AvgIpc) is 2.27. The van der Waals surface area contributed by atoms with Crippen LogP contribution in [0.5, 0.6) is 0 Å². The second kappa shape index (κ2) is 4.91. The molecule has 0 saturated carbocycles. The first kappa shape index (κ1) is 11.7. The SMILES string of the molecule is N#Cc1ccc(C(O)C(=O)O)c(CBr)c1. The third kappa shape index (κ3) is 2.55. The monoisotopic (exact) mass is 269 g/mol. The van der Waals surface area contributed by atoms with E-state index in [2.05, 4.69) is 15.9 Å². The molecular weight excluding hydrogens is 262 g/mol. The van der Waals surface area contributed by atoms with Crippen molar-refractivity contribution >= 4 is 21.9 Å². The van der Waals surface area contributed by atoms with Crippen molar-refractivity contribution in [2.75, 3.05) is 0 Å². The number of carbonyl (C=O) groups is 1. The van der Waals surface area contributed by atoms with E-state index in [4.69, 9.17) is 10.4 Å². The van der Waals surface area contributed by atoms with Gasteiger partial charge >= 0.3 is 5.97 Å². The predicted octanol–water partition coefficient (Wildman–Crippen LogP) is 1.57. The summed E-state index contributed by atoms with van der Waals surface area (Å²) in [6.07, 6.45) is -1.55. The lowest BCUT2D eigenvalue weighted by Gasteiger charge is -2.10. The van der Waals surface area contributed by atoms with Gasteiger partial charge in [0.2, 0.25) is 0 Å². The second-order valence-corrected chi connectivity index (χ2v) is 3.46. The number of aliphatic hydroxyl groups excluding tert-OH is 1. The Hall–Kier alpha value is -1.38. The Morgan fingerprint density at radius 3 is 2.73 bits per heavy atom. The first-order valence-electron chi connectivity index (χ1n) is 4.10. The van der Waals surface area contributed by atoms with Crippen molar-refractivity contribution < 1.29 is 15.0 Å². The molecule has 0 radical (unpaired) electrons. The average molecular weight is 270 g/mol. The molecule has 0 aromatic heterocycles. The van der Waals surface area contributed by atoms with E-state index in [9.17, 15) is 9.90 Å². The van der Waals surface area contributed by atoms with Gasteiger partial charge < -0.3 is 10.2 Å². The molecule has 15 heavy (non-hydrogen) atoms. The van der Waals surface area contributed by atoms with E-state index in [0.717, 1.165) is 0 Å². The number of hydrogen-bond donors (Lipinski definition) is 2. The van der Waals surface area contributed by atoms with Crippen molar-refractivity contribution in [2.45, 2.75) is 11.4 Å². The minimum absolute atomic E-state index is 0.304. The normalized spacial score (nSPS) is 11.8. The van der Waals surface area contributed by atoms with Crippen molar-refractivity contribution in [1.82, 2.24) is 0 Å². The van der Waals surface area contributed by atoms with Crippen molar-refractivity contribution in [3.63, 3.8) is 0 Å². The molecule has 5 heteroatoms. The van der Waals surface area contributed by atoms with Gasteiger partial charge in [0.15, 0.2) is 6.10 Å². The fourth-order valence-corrected chi connectivity index (χ4v) is 1.68. The zero-order chi connectivity index (χ0) is 11.4. The first-order valence-corrected chi connectivity index (χ1v) is 5.22. The minimum Gasteiger partial charge on any atom is -0.479 e. The lowest BCUT2D eigenvalue weighted by atomic mass is 10.0. The van der Waals surface area contributed by atoms with Gasteiger partial charge in [0.1, 0.15) is 0 Å². The number of benzene rings is 1. The number of nitriles is 1. The fourth-order valence-electron chi connectivity index (χ4n) is 1.19. The smallest absolute Gasteiger partial charge is 0.337 e. The van der Waals surface area contributed by atoms with Crippen LogP contribution < -0.4 is 0 Å². The molecule has 1 aromatic rings. The van der Waals surface area contributed by atoms with Crippen LogP contribution in [0.15, 0.2) is 18.2 Å². The van der Waals surface area contributed by atoms with Crippen molar-refractivity contribution in [3.05, 3.63) is 34.9 Å². The van der Waals surface area contributed by atoms with Crippen LogP contribution in [0, 0.1) is 11.3 Å². The maximum absolute atomic E-state index is 10.6. The lowest BCUT2D eigenvalue weighted by molar-refractivity contribution is -0.147. The Bertz CT molecular complexity index is 425. The largest absolute Gasteiger partial charge is 0.479 e. The van der Waals surface area contributed by atoms with Gasteiger partial charge in [-0.05, 0) is 23.3 Å². The summed E-state index contributed by atoms with van der Waals surface area (Å²) in [5.74, 6) is -1.30. The number of hydrogen-bond acceptors (Lipinski definition) is 3. The summed E-state index contributed by atoms with van der Waals surface area (Å²) in [6, 6.07) is 6.43. The predicted molar refractivity (Wildman–Crippen MR) is 56.4 cm³/mol. The summed E-state index contributed by atoms with van der Waals surface area (Å²) in [7, 11) is 0. The second-order valence-electron chi connectivity index (χ2n) is 2.90. The summed E-state index contributed by atoms with van der Waals surface area (Å²) in [4.78, 5) is 10.6. The van der Waals surface area contributed by atoms with Crippen molar-refractivity contribution in [1.29, 1.82) is 5.26 Å². The zero-order valence-electron chi connectivity index (χ0n) is 7.64. The molecular formula is C10H8BrNO3. The van der Waals surface area contributed by atoms with Gasteiger partial charge in [-0.25, -0.2) is 4.79 Å². The molecule has 0 fully saturated rings. The van der Waals surface area contributed by atoms with Crippen LogP contribution in [0.1, 0.15) is 22.8 Å². The molecule has 4 nitrogen and oxygen atoms in total. The molecule has 2 N–H and O–H groups in total. The van der Waals surface area contributed by atoms with Gasteiger partial charge in [-0.2, -0.15) is 5.26 Å². The molecule has 78 valence electrons. The van der Waals surface area contributed by atoms with Crippen molar-refractivity contribution in [2.24, 2.45) is 0 Å². The highest BCUT2D eigenvalue weighted by atomic mass is 79.9.